The van der Waals surface area contributed by atoms with Gasteiger partial charge in [0.15, 0.2) is 0 Å². The minimum absolute atomic E-state index is 0.00626. The standard InChI is InChI=1S/C13H17N3O/c1-7-6-9-11(14)8-4-2-3-5-10(8)15-12(9)16-13(7)17/h7H,2-6H2,1H3,(H3,14,15,16,17)/t7-/m0/s1. The molecule has 0 spiro atoms. The second-order valence-corrected chi connectivity index (χ2v) is 5.08. The lowest BCUT2D eigenvalue weighted by Gasteiger charge is -2.27. The van der Waals surface area contributed by atoms with Gasteiger partial charge < -0.3 is 11.1 Å². The Labute approximate surface area is 101 Å². The number of carbonyl (C=O) groups excluding carboxylic acids is 1. The van der Waals surface area contributed by atoms with Crippen molar-refractivity contribution in [3.63, 3.8) is 0 Å². The van der Waals surface area contributed by atoms with Gasteiger partial charge in [-0.3, -0.25) is 4.79 Å². The molecule has 1 aliphatic heterocycles. The molecule has 17 heavy (non-hydrogen) atoms. The van der Waals surface area contributed by atoms with Crippen LogP contribution in [0, 0.1) is 5.92 Å². The Kier molecular flexibility index (Phi) is 2.31. The molecule has 0 bridgehead atoms. The van der Waals surface area contributed by atoms with E-state index < -0.39 is 0 Å². The highest BCUT2D eigenvalue weighted by Crippen LogP contribution is 2.35. The molecular weight excluding hydrogens is 214 g/mol. The smallest absolute Gasteiger partial charge is 0.228 e. The number of rotatable bonds is 0. The molecule has 1 amide bonds. The molecule has 0 saturated heterocycles. The number of hydrogen-bond acceptors (Lipinski definition) is 3. The lowest BCUT2D eigenvalue weighted by atomic mass is 9.88. The number of nitrogens with zero attached hydrogens (tertiary/aromatic N) is 1. The maximum atomic E-state index is 11.6. The molecule has 0 radical (unpaired) electrons. The lowest BCUT2D eigenvalue weighted by Crippen LogP contribution is -2.30. The van der Waals surface area contributed by atoms with E-state index in [0.29, 0.717) is 12.2 Å². The quantitative estimate of drug-likeness (QED) is 0.713. The van der Waals surface area contributed by atoms with E-state index in [9.17, 15) is 4.79 Å². The van der Waals surface area contributed by atoms with Gasteiger partial charge in [0, 0.05) is 22.9 Å². The number of amides is 1. The molecule has 0 aromatic carbocycles. The van der Waals surface area contributed by atoms with Crippen LogP contribution in [0.1, 0.15) is 36.6 Å². The third-order valence-corrected chi connectivity index (χ3v) is 3.82. The van der Waals surface area contributed by atoms with E-state index in [1.165, 1.54) is 18.4 Å². The molecule has 0 fully saturated rings. The first kappa shape index (κ1) is 10.6. The van der Waals surface area contributed by atoms with E-state index in [4.69, 9.17) is 5.73 Å². The van der Waals surface area contributed by atoms with Gasteiger partial charge in [0.2, 0.25) is 5.91 Å². The van der Waals surface area contributed by atoms with E-state index in [2.05, 4.69) is 10.3 Å². The molecule has 0 unspecified atom stereocenters. The Bertz CT molecular complexity index is 496. The number of nitrogen functional groups attached to an aromatic ring is 1. The fourth-order valence-corrected chi connectivity index (χ4v) is 2.76. The average Bonchev–Trinajstić information content (AvgIpc) is 2.32. The number of aryl methyl sites for hydroxylation is 1. The number of nitrogens with two attached hydrogens (primary N) is 1. The van der Waals surface area contributed by atoms with Gasteiger partial charge in [0.05, 0.1) is 0 Å². The Morgan fingerprint density at radius 3 is 2.88 bits per heavy atom. The predicted octanol–water partition coefficient (Wildman–Crippen LogP) is 1.67. The van der Waals surface area contributed by atoms with Crippen molar-refractivity contribution in [1.29, 1.82) is 0 Å². The molecule has 2 heterocycles. The van der Waals surface area contributed by atoms with E-state index >= 15 is 0 Å². The fraction of sp³-hybridized carbons (Fsp3) is 0.538. The number of fused-ring (bicyclic) bond motifs is 2. The maximum Gasteiger partial charge on any atom is 0.228 e. The van der Waals surface area contributed by atoms with Crippen LogP contribution in [-0.2, 0) is 24.1 Å². The lowest BCUT2D eigenvalue weighted by molar-refractivity contribution is -0.119. The van der Waals surface area contributed by atoms with Crippen molar-refractivity contribution >= 4 is 17.4 Å². The first-order valence-electron chi connectivity index (χ1n) is 6.27. The molecule has 3 rings (SSSR count). The molecule has 3 N–H and O–H groups in total. The SMILES string of the molecule is C[C@H]1Cc2c(nc3c(c2N)CCCC3)NC1=O. The van der Waals surface area contributed by atoms with Crippen LogP contribution in [0.25, 0.3) is 0 Å². The Morgan fingerprint density at radius 1 is 1.29 bits per heavy atom. The van der Waals surface area contributed by atoms with Crippen LogP contribution in [0.15, 0.2) is 0 Å². The van der Waals surface area contributed by atoms with Crippen LogP contribution >= 0.6 is 0 Å². The molecular formula is C13H17N3O. The number of aromatic nitrogens is 1. The first-order chi connectivity index (χ1) is 8.16. The van der Waals surface area contributed by atoms with Gasteiger partial charge in [-0.25, -0.2) is 4.98 Å². The summed E-state index contributed by atoms with van der Waals surface area (Å²) in [5.74, 6) is 0.750. The molecule has 1 aliphatic carbocycles. The zero-order valence-corrected chi connectivity index (χ0v) is 10.0. The average molecular weight is 231 g/mol. The predicted molar refractivity (Wildman–Crippen MR) is 66.8 cm³/mol. The molecule has 4 nitrogen and oxygen atoms in total. The minimum Gasteiger partial charge on any atom is -0.398 e. The van der Waals surface area contributed by atoms with Crippen LogP contribution in [0.4, 0.5) is 11.5 Å². The Balaban J connectivity index is 2.13. The number of nitrogens with one attached hydrogen (secondary N) is 1. The number of pyridine rings is 1. The topological polar surface area (TPSA) is 68.0 Å². The molecule has 90 valence electrons. The highest BCUT2D eigenvalue weighted by atomic mass is 16.2. The van der Waals surface area contributed by atoms with Crippen molar-refractivity contribution < 1.29 is 4.79 Å². The van der Waals surface area contributed by atoms with Gasteiger partial charge in [-0.15, -0.1) is 0 Å². The molecule has 2 aliphatic rings. The fourth-order valence-electron chi connectivity index (χ4n) is 2.76. The van der Waals surface area contributed by atoms with Gasteiger partial charge in [-0.1, -0.05) is 6.92 Å². The normalized spacial score (nSPS) is 22.6. The first-order valence-corrected chi connectivity index (χ1v) is 6.27. The van der Waals surface area contributed by atoms with E-state index in [1.54, 1.807) is 0 Å². The molecule has 0 saturated carbocycles. The third-order valence-electron chi connectivity index (χ3n) is 3.82. The Hall–Kier alpha value is -1.58. The van der Waals surface area contributed by atoms with E-state index in [1.807, 2.05) is 6.92 Å². The summed E-state index contributed by atoms with van der Waals surface area (Å²) in [6.07, 6.45) is 5.09. The highest BCUT2D eigenvalue weighted by molar-refractivity contribution is 5.95. The summed E-state index contributed by atoms with van der Waals surface area (Å²) in [5.41, 5.74) is 10.5. The summed E-state index contributed by atoms with van der Waals surface area (Å²) >= 11 is 0. The van der Waals surface area contributed by atoms with Gasteiger partial charge in [-0.2, -0.15) is 0 Å². The molecule has 4 heteroatoms. The van der Waals surface area contributed by atoms with E-state index in [-0.39, 0.29) is 11.8 Å². The van der Waals surface area contributed by atoms with Crippen LogP contribution in [0.3, 0.4) is 0 Å². The second kappa shape index (κ2) is 3.72. The molecule has 1 aromatic rings. The minimum atomic E-state index is -0.00626. The van der Waals surface area contributed by atoms with Crippen LogP contribution in [0.2, 0.25) is 0 Å². The van der Waals surface area contributed by atoms with Crippen LogP contribution in [0.5, 0.6) is 0 Å². The van der Waals surface area contributed by atoms with Crippen molar-refractivity contribution in [3.8, 4) is 0 Å². The highest BCUT2D eigenvalue weighted by Gasteiger charge is 2.28. The second-order valence-electron chi connectivity index (χ2n) is 5.08. The monoisotopic (exact) mass is 231 g/mol. The van der Waals surface area contributed by atoms with Crippen molar-refractivity contribution in [1.82, 2.24) is 4.98 Å². The maximum absolute atomic E-state index is 11.6. The summed E-state index contributed by atoms with van der Waals surface area (Å²) in [5, 5.41) is 2.87. The van der Waals surface area contributed by atoms with Crippen molar-refractivity contribution in [2.75, 3.05) is 11.1 Å². The summed E-state index contributed by atoms with van der Waals surface area (Å²) in [6, 6.07) is 0. The van der Waals surface area contributed by atoms with Crippen molar-refractivity contribution in [2.45, 2.75) is 39.0 Å². The van der Waals surface area contributed by atoms with Crippen LogP contribution < -0.4 is 11.1 Å². The van der Waals surface area contributed by atoms with Gasteiger partial charge in [0.25, 0.3) is 0 Å². The molecule has 1 atom stereocenters. The third kappa shape index (κ3) is 1.59. The summed E-state index contributed by atoms with van der Waals surface area (Å²) in [7, 11) is 0. The van der Waals surface area contributed by atoms with Gasteiger partial charge >= 0.3 is 0 Å². The summed E-state index contributed by atoms with van der Waals surface area (Å²) in [4.78, 5) is 16.2. The van der Waals surface area contributed by atoms with Gasteiger partial charge in [0.1, 0.15) is 5.82 Å². The molecule has 1 aromatic heterocycles. The number of carbonyl (C=O) groups is 1. The number of anilines is 2. The van der Waals surface area contributed by atoms with Crippen LogP contribution in [-0.4, -0.2) is 10.9 Å². The summed E-state index contributed by atoms with van der Waals surface area (Å²) in [6.45, 7) is 1.93. The zero-order valence-electron chi connectivity index (χ0n) is 10.0. The van der Waals surface area contributed by atoms with Gasteiger partial charge in [-0.05, 0) is 37.7 Å². The number of hydrogen-bond donors (Lipinski definition) is 2. The zero-order chi connectivity index (χ0) is 12.0. The summed E-state index contributed by atoms with van der Waals surface area (Å²) < 4.78 is 0. The Morgan fingerprint density at radius 2 is 2.06 bits per heavy atom. The largest absolute Gasteiger partial charge is 0.398 e. The van der Waals surface area contributed by atoms with Crippen molar-refractivity contribution in [3.05, 3.63) is 16.8 Å². The van der Waals surface area contributed by atoms with E-state index in [0.717, 1.165) is 29.8 Å². The van der Waals surface area contributed by atoms with Crippen molar-refractivity contribution in [2.24, 2.45) is 5.92 Å².